The number of allylic oxidation sites excluding steroid dienone is 2. The summed E-state index contributed by atoms with van der Waals surface area (Å²) < 4.78 is 0. The van der Waals surface area contributed by atoms with Gasteiger partial charge in [0.25, 0.3) is 0 Å². The quantitative estimate of drug-likeness (QED) is 0.572. The molecule has 11 heavy (non-hydrogen) atoms. The maximum absolute atomic E-state index is 10.9. The Hall–Kier alpha value is -0.790. The highest BCUT2D eigenvalue weighted by Gasteiger charge is 2.73. The van der Waals surface area contributed by atoms with E-state index >= 15 is 0 Å². The zero-order valence-corrected chi connectivity index (χ0v) is 6.16. The van der Waals surface area contributed by atoms with E-state index < -0.39 is 5.97 Å². The Morgan fingerprint density at radius 3 is 2.64 bits per heavy atom. The zero-order chi connectivity index (χ0) is 7.64. The molecule has 4 aliphatic rings. The largest absolute Gasteiger partial charge is 0.481 e. The van der Waals surface area contributed by atoms with Gasteiger partial charge in [0.15, 0.2) is 0 Å². The zero-order valence-electron chi connectivity index (χ0n) is 6.16. The van der Waals surface area contributed by atoms with Gasteiger partial charge in [0.2, 0.25) is 0 Å². The van der Waals surface area contributed by atoms with Crippen LogP contribution in [-0.4, -0.2) is 11.1 Å². The van der Waals surface area contributed by atoms with Crippen molar-refractivity contribution in [3.63, 3.8) is 0 Å². The molecule has 2 saturated carbocycles. The van der Waals surface area contributed by atoms with Gasteiger partial charge in [0.1, 0.15) is 0 Å². The lowest BCUT2D eigenvalue weighted by molar-refractivity contribution is -0.144. The van der Waals surface area contributed by atoms with Crippen molar-refractivity contribution < 1.29 is 9.90 Å². The molecular formula is C9H10O2. The molecule has 2 fully saturated rings. The molecule has 4 aliphatic carbocycles. The monoisotopic (exact) mass is 150 g/mol. The van der Waals surface area contributed by atoms with Crippen molar-refractivity contribution in [2.75, 3.05) is 0 Å². The van der Waals surface area contributed by atoms with Gasteiger partial charge in [-0.2, -0.15) is 0 Å². The van der Waals surface area contributed by atoms with Crippen molar-refractivity contribution in [1.82, 2.24) is 0 Å². The fourth-order valence-corrected chi connectivity index (χ4v) is 3.16. The lowest BCUT2D eigenvalue weighted by Crippen LogP contribution is -2.19. The summed E-state index contributed by atoms with van der Waals surface area (Å²) in [5, 5.41) is 9.00. The molecule has 2 heteroatoms. The van der Waals surface area contributed by atoms with Crippen molar-refractivity contribution in [1.29, 1.82) is 0 Å². The van der Waals surface area contributed by atoms with Gasteiger partial charge in [-0.3, -0.25) is 4.79 Å². The van der Waals surface area contributed by atoms with Gasteiger partial charge in [0, 0.05) is 0 Å². The number of carboxylic acids is 1. The molecule has 0 heterocycles. The Morgan fingerprint density at radius 1 is 1.55 bits per heavy atom. The van der Waals surface area contributed by atoms with Crippen LogP contribution in [0.4, 0.5) is 0 Å². The van der Waals surface area contributed by atoms with Gasteiger partial charge in [-0.1, -0.05) is 12.2 Å². The topological polar surface area (TPSA) is 37.3 Å². The van der Waals surface area contributed by atoms with Crippen LogP contribution in [-0.2, 0) is 4.79 Å². The summed E-state index contributed by atoms with van der Waals surface area (Å²) in [6.07, 6.45) is 6.37. The molecule has 0 aromatic rings. The van der Waals surface area contributed by atoms with Crippen molar-refractivity contribution in [2.45, 2.75) is 12.8 Å². The van der Waals surface area contributed by atoms with Crippen LogP contribution in [0.15, 0.2) is 12.2 Å². The molecule has 0 aromatic carbocycles. The van der Waals surface area contributed by atoms with Crippen molar-refractivity contribution in [3.05, 3.63) is 12.2 Å². The predicted molar refractivity (Wildman–Crippen MR) is 38.9 cm³/mol. The highest BCUT2D eigenvalue weighted by Crippen LogP contribution is 2.73. The van der Waals surface area contributed by atoms with Crippen molar-refractivity contribution in [3.8, 4) is 0 Å². The number of carbonyl (C=O) groups is 1. The minimum atomic E-state index is -0.556. The first-order chi connectivity index (χ1) is 5.25. The molecule has 0 spiro atoms. The van der Waals surface area contributed by atoms with E-state index in [0.29, 0.717) is 17.8 Å². The third-order valence-corrected chi connectivity index (χ3v) is 3.73. The molecule has 0 aromatic heterocycles. The minimum Gasteiger partial charge on any atom is -0.481 e. The second kappa shape index (κ2) is 1.38. The lowest BCUT2D eigenvalue weighted by atomic mass is 9.87. The fourth-order valence-electron chi connectivity index (χ4n) is 3.16. The van der Waals surface area contributed by atoms with Gasteiger partial charge in [-0.25, -0.2) is 0 Å². The fraction of sp³-hybridized carbons (Fsp3) is 0.667. The Morgan fingerprint density at radius 2 is 2.36 bits per heavy atom. The van der Waals surface area contributed by atoms with Crippen LogP contribution in [0.2, 0.25) is 0 Å². The smallest absolute Gasteiger partial charge is 0.310 e. The number of rotatable bonds is 1. The summed E-state index contributed by atoms with van der Waals surface area (Å²) in [5.41, 5.74) is -0.292. The third-order valence-electron chi connectivity index (χ3n) is 3.73. The molecule has 4 bridgehead atoms. The highest BCUT2D eigenvalue weighted by molar-refractivity contribution is 5.81. The molecule has 0 saturated heterocycles. The first-order valence-corrected chi connectivity index (χ1v) is 4.17. The lowest BCUT2D eigenvalue weighted by Gasteiger charge is -2.17. The number of hydrogen-bond donors (Lipinski definition) is 1. The molecule has 1 N–H and O–H groups in total. The molecule has 1 unspecified atom stereocenters. The molecular weight excluding hydrogens is 140 g/mol. The SMILES string of the molecule is O=C(O)[C@]12C[C@H]3C=C[C@@H]1C2C3. The minimum absolute atomic E-state index is 0.292. The summed E-state index contributed by atoms with van der Waals surface area (Å²) in [6, 6.07) is 0. The van der Waals surface area contributed by atoms with E-state index in [9.17, 15) is 4.79 Å². The summed E-state index contributed by atoms with van der Waals surface area (Å²) >= 11 is 0. The Kier molecular flexibility index (Phi) is 0.729. The number of aliphatic carboxylic acids is 1. The van der Waals surface area contributed by atoms with E-state index in [1.165, 1.54) is 0 Å². The average molecular weight is 150 g/mol. The molecule has 4 atom stereocenters. The van der Waals surface area contributed by atoms with Crippen LogP contribution in [0.25, 0.3) is 0 Å². The van der Waals surface area contributed by atoms with E-state index in [-0.39, 0.29) is 5.41 Å². The van der Waals surface area contributed by atoms with Gasteiger partial charge in [-0.05, 0) is 30.6 Å². The van der Waals surface area contributed by atoms with Crippen LogP contribution in [0, 0.1) is 23.2 Å². The first-order valence-electron chi connectivity index (χ1n) is 4.17. The normalized spacial score (nSPS) is 56.2. The van der Waals surface area contributed by atoms with E-state index in [4.69, 9.17) is 5.11 Å². The third kappa shape index (κ3) is 0.434. The molecule has 58 valence electrons. The second-order valence-electron chi connectivity index (χ2n) is 4.06. The summed E-state index contributed by atoms with van der Waals surface area (Å²) in [4.78, 5) is 10.9. The van der Waals surface area contributed by atoms with Crippen molar-refractivity contribution >= 4 is 5.97 Å². The van der Waals surface area contributed by atoms with Crippen LogP contribution in [0.5, 0.6) is 0 Å². The summed E-state index contributed by atoms with van der Waals surface area (Å²) in [5.74, 6) is 0.917. The molecule has 0 aliphatic heterocycles. The van der Waals surface area contributed by atoms with Crippen LogP contribution in [0.3, 0.4) is 0 Å². The van der Waals surface area contributed by atoms with Gasteiger partial charge in [0.05, 0.1) is 5.41 Å². The second-order valence-corrected chi connectivity index (χ2v) is 4.06. The van der Waals surface area contributed by atoms with E-state index in [1.807, 2.05) is 0 Å². The number of hydrogen-bond acceptors (Lipinski definition) is 1. The van der Waals surface area contributed by atoms with E-state index in [1.54, 1.807) is 0 Å². The predicted octanol–water partition coefficient (Wildman–Crippen LogP) is 1.28. The Bertz CT molecular complexity index is 269. The van der Waals surface area contributed by atoms with E-state index in [0.717, 1.165) is 12.8 Å². The van der Waals surface area contributed by atoms with Crippen LogP contribution in [0.1, 0.15) is 12.8 Å². The first kappa shape index (κ1) is 5.81. The molecule has 0 radical (unpaired) electrons. The maximum Gasteiger partial charge on any atom is 0.310 e. The molecule has 0 amide bonds. The number of carboxylic acid groups (broad SMARTS) is 1. The standard InChI is InChI=1S/C9H10O2/c10-8(11)9-4-5-1-2-6(9)7(9)3-5/h1-2,5-7H,3-4H2,(H,10,11)/t5-,6+,7?,9+/m0/s1. The Labute approximate surface area is 64.9 Å². The highest BCUT2D eigenvalue weighted by atomic mass is 16.4. The van der Waals surface area contributed by atoms with Crippen LogP contribution >= 0.6 is 0 Å². The molecule has 4 rings (SSSR count). The van der Waals surface area contributed by atoms with E-state index in [2.05, 4.69) is 12.2 Å². The van der Waals surface area contributed by atoms with Gasteiger partial charge < -0.3 is 5.11 Å². The van der Waals surface area contributed by atoms with Gasteiger partial charge in [-0.15, -0.1) is 0 Å². The summed E-state index contributed by atoms with van der Waals surface area (Å²) in [7, 11) is 0. The van der Waals surface area contributed by atoms with Crippen molar-refractivity contribution in [2.24, 2.45) is 23.2 Å². The Balaban J connectivity index is 2.08. The average Bonchev–Trinajstić information content (AvgIpc) is 2.52. The maximum atomic E-state index is 10.9. The molecule has 2 nitrogen and oxygen atoms in total. The van der Waals surface area contributed by atoms with Gasteiger partial charge >= 0.3 is 5.97 Å². The van der Waals surface area contributed by atoms with Crippen LogP contribution < -0.4 is 0 Å². The summed E-state index contributed by atoms with van der Waals surface area (Å²) in [6.45, 7) is 0.